The fourth-order valence-corrected chi connectivity index (χ4v) is 3.19. The Bertz CT molecular complexity index is 949. The topological polar surface area (TPSA) is 101 Å². The maximum atomic E-state index is 12.5. The predicted molar refractivity (Wildman–Crippen MR) is 107 cm³/mol. The average Bonchev–Trinajstić information content (AvgIpc) is 2.67. The number of rotatable bonds is 7. The molecule has 2 rings (SSSR count). The van der Waals surface area contributed by atoms with E-state index in [2.05, 4.69) is 5.32 Å². The fourth-order valence-electron chi connectivity index (χ4n) is 2.32. The lowest BCUT2D eigenvalue weighted by molar-refractivity contribution is -0.384. The molecule has 0 aliphatic rings. The molecule has 1 unspecified atom stereocenters. The zero-order valence-electron chi connectivity index (χ0n) is 15.9. The maximum absolute atomic E-state index is 12.5. The summed E-state index contributed by atoms with van der Waals surface area (Å²) < 4.78 is 36.8. The molecule has 0 spiro atoms. The maximum Gasteiger partial charge on any atom is 0.405 e. The van der Waals surface area contributed by atoms with E-state index in [0.29, 0.717) is 16.1 Å². The molecular formula is C19H18F3N3O4S. The van der Waals surface area contributed by atoms with Gasteiger partial charge in [-0.3, -0.25) is 19.7 Å². The first kappa shape index (κ1) is 23.2. The number of carbonyl (C=O) groups excluding carboxylic acids is 2. The molecular weight excluding hydrogens is 423 g/mol. The summed E-state index contributed by atoms with van der Waals surface area (Å²) in [5.41, 5.74) is 0.850. The number of halogens is 3. The lowest BCUT2D eigenvalue weighted by Gasteiger charge is -2.15. The van der Waals surface area contributed by atoms with Crippen LogP contribution in [0.3, 0.4) is 0 Å². The Morgan fingerprint density at radius 3 is 2.37 bits per heavy atom. The first-order valence-corrected chi connectivity index (χ1v) is 9.52. The third-order valence-electron chi connectivity index (χ3n) is 3.94. The van der Waals surface area contributed by atoms with Crippen molar-refractivity contribution in [3.63, 3.8) is 0 Å². The van der Waals surface area contributed by atoms with Crippen molar-refractivity contribution in [2.24, 2.45) is 0 Å². The number of nitrogens with zero attached hydrogens (tertiary/aromatic N) is 1. The average molecular weight is 441 g/mol. The van der Waals surface area contributed by atoms with Crippen molar-refractivity contribution in [3.05, 3.63) is 63.7 Å². The van der Waals surface area contributed by atoms with Gasteiger partial charge >= 0.3 is 6.18 Å². The van der Waals surface area contributed by atoms with E-state index < -0.39 is 34.7 Å². The molecule has 0 aliphatic heterocycles. The molecule has 2 aromatic rings. The monoisotopic (exact) mass is 441 g/mol. The highest BCUT2D eigenvalue weighted by atomic mass is 32.2. The molecule has 0 saturated carbocycles. The van der Waals surface area contributed by atoms with Crippen LogP contribution >= 0.6 is 11.8 Å². The van der Waals surface area contributed by atoms with Crippen molar-refractivity contribution >= 4 is 35.0 Å². The van der Waals surface area contributed by atoms with E-state index in [9.17, 15) is 32.9 Å². The molecule has 0 bridgehead atoms. The molecule has 0 aromatic heterocycles. The zero-order valence-corrected chi connectivity index (χ0v) is 16.8. The van der Waals surface area contributed by atoms with Crippen LogP contribution in [0.4, 0.5) is 24.5 Å². The van der Waals surface area contributed by atoms with E-state index in [1.807, 2.05) is 0 Å². The Balaban J connectivity index is 2.04. The minimum atomic E-state index is -4.53. The fraction of sp³-hybridized carbons (Fsp3) is 0.263. The molecule has 7 nitrogen and oxygen atoms in total. The van der Waals surface area contributed by atoms with Gasteiger partial charge in [0.1, 0.15) is 6.54 Å². The second-order valence-corrected chi connectivity index (χ2v) is 7.74. The smallest absolute Gasteiger partial charge is 0.343 e. The Kier molecular flexibility index (Phi) is 7.43. The van der Waals surface area contributed by atoms with Crippen LogP contribution in [0.1, 0.15) is 22.8 Å². The standard InChI is InChI=1S/C19H18F3N3O4S/c1-11-3-4-13(18(27)23-10-19(20,21)22)9-16(11)24-17(26)12(2)30-15-7-5-14(6-8-15)25(28)29/h3-9,12H,10H2,1-2H3,(H,23,27)(H,24,26). The molecule has 0 heterocycles. The molecule has 2 N–H and O–H groups in total. The number of carbonyl (C=O) groups is 2. The summed E-state index contributed by atoms with van der Waals surface area (Å²) in [5.74, 6) is -1.30. The van der Waals surface area contributed by atoms with Gasteiger partial charge in [-0.05, 0) is 43.7 Å². The predicted octanol–water partition coefficient (Wildman–Crippen LogP) is 4.31. The van der Waals surface area contributed by atoms with Crippen LogP contribution in [0.2, 0.25) is 0 Å². The molecule has 0 radical (unpaired) electrons. The van der Waals surface area contributed by atoms with Crippen LogP contribution in [-0.2, 0) is 4.79 Å². The normalized spacial score (nSPS) is 12.2. The summed E-state index contributed by atoms with van der Waals surface area (Å²) in [6.07, 6.45) is -4.53. The number of benzene rings is 2. The Labute approximate surface area is 174 Å². The number of nitro groups is 1. The first-order valence-electron chi connectivity index (χ1n) is 8.64. The van der Waals surface area contributed by atoms with Gasteiger partial charge < -0.3 is 10.6 Å². The number of nitrogens with one attached hydrogen (secondary N) is 2. The van der Waals surface area contributed by atoms with Gasteiger partial charge in [0, 0.05) is 28.3 Å². The number of aryl methyl sites for hydroxylation is 1. The van der Waals surface area contributed by atoms with E-state index in [1.165, 1.54) is 54.2 Å². The minimum Gasteiger partial charge on any atom is -0.343 e. The summed E-state index contributed by atoms with van der Waals surface area (Å²) in [7, 11) is 0. The largest absolute Gasteiger partial charge is 0.405 e. The Morgan fingerprint density at radius 2 is 1.80 bits per heavy atom. The highest BCUT2D eigenvalue weighted by molar-refractivity contribution is 8.00. The van der Waals surface area contributed by atoms with Crippen molar-refractivity contribution in [1.82, 2.24) is 5.32 Å². The van der Waals surface area contributed by atoms with Gasteiger partial charge in [0.15, 0.2) is 0 Å². The first-order chi connectivity index (χ1) is 14.0. The van der Waals surface area contributed by atoms with Gasteiger partial charge in [-0.1, -0.05) is 6.07 Å². The van der Waals surface area contributed by atoms with E-state index in [-0.39, 0.29) is 11.3 Å². The third-order valence-corrected chi connectivity index (χ3v) is 5.05. The lowest BCUT2D eigenvalue weighted by Crippen LogP contribution is -2.33. The molecule has 0 aliphatic carbocycles. The van der Waals surface area contributed by atoms with Crippen molar-refractivity contribution in [3.8, 4) is 0 Å². The summed E-state index contributed by atoms with van der Waals surface area (Å²) >= 11 is 1.18. The number of hydrogen-bond donors (Lipinski definition) is 2. The lowest BCUT2D eigenvalue weighted by atomic mass is 10.1. The van der Waals surface area contributed by atoms with Crippen molar-refractivity contribution in [2.45, 2.75) is 30.2 Å². The minimum absolute atomic E-state index is 0.0178. The number of alkyl halides is 3. The molecule has 30 heavy (non-hydrogen) atoms. The van der Waals surface area contributed by atoms with E-state index >= 15 is 0 Å². The van der Waals surface area contributed by atoms with Gasteiger partial charge in [-0.2, -0.15) is 13.2 Å². The highest BCUT2D eigenvalue weighted by Crippen LogP contribution is 2.27. The summed E-state index contributed by atoms with van der Waals surface area (Å²) in [4.78, 5) is 35.2. The molecule has 160 valence electrons. The molecule has 2 amide bonds. The highest BCUT2D eigenvalue weighted by Gasteiger charge is 2.28. The van der Waals surface area contributed by atoms with Gasteiger partial charge in [-0.25, -0.2) is 0 Å². The zero-order chi connectivity index (χ0) is 22.5. The quantitative estimate of drug-likeness (QED) is 0.379. The Morgan fingerprint density at radius 1 is 1.17 bits per heavy atom. The van der Waals surface area contributed by atoms with E-state index in [4.69, 9.17) is 0 Å². The van der Waals surface area contributed by atoms with Crippen LogP contribution in [0.25, 0.3) is 0 Å². The van der Waals surface area contributed by atoms with Crippen molar-refractivity contribution in [1.29, 1.82) is 0 Å². The van der Waals surface area contributed by atoms with Crippen molar-refractivity contribution < 1.29 is 27.7 Å². The van der Waals surface area contributed by atoms with E-state index in [0.717, 1.165) is 0 Å². The molecule has 0 saturated heterocycles. The number of non-ortho nitro benzene ring substituents is 1. The number of nitro benzene ring substituents is 1. The summed E-state index contributed by atoms with van der Waals surface area (Å²) in [6, 6.07) is 9.92. The third kappa shape index (κ3) is 6.76. The number of anilines is 1. The second-order valence-electron chi connectivity index (χ2n) is 6.33. The summed E-state index contributed by atoms with van der Waals surface area (Å²) in [5, 5.41) is 14.6. The van der Waals surface area contributed by atoms with Crippen molar-refractivity contribution in [2.75, 3.05) is 11.9 Å². The van der Waals surface area contributed by atoms with Crippen LogP contribution in [0, 0.1) is 17.0 Å². The molecule has 11 heteroatoms. The van der Waals surface area contributed by atoms with Crippen LogP contribution in [0.5, 0.6) is 0 Å². The number of hydrogen-bond acceptors (Lipinski definition) is 5. The van der Waals surface area contributed by atoms with Gasteiger partial charge in [0.25, 0.3) is 11.6 Å². The molecule has 1 atom stereocenters. The van der Waals surface area contributed by atoms with Gasteiger partial charge in [0.2, 0.25) is 5.91 Å². The molecule has 0 fully saturated rings. The van der Waals surface area contributed by atoms with Gasteiger partial charge in [-0.15, -0.1) is 11.8 Å². The summed E-state index contributed by atoms with van der Waals surface area (Å²) in [6.45, 7) is 1.86. The van der Waals surface area contributed by atoms with E-state index in [1.54, 1.807) is 19.2 Å². The van der Waals surface area contributed by atoms with Crippen LogP contribution in [-0.4, -0.2) is 34.7 Å². The number of amides is 2. The van der Waals surface area contributed by atoms with Crippen LogP contribution < -0.4 is 10.6 Å². The number of thioether (sulfide) groups is 1. The molecule has 2 aromatic carbocycles. The van der Waals surface area contributed by atoms with Crippen LogP contribution in [0.15, 0.2) is 47.4 Å². The van der Waals surface area contributed by atoms with Gasteiger partial charge in [0.05, 0.1) is 10.2 Å². The second kappa shape index (κ2) is 9.61. The Hall–Kier alpha value is -3.08. The SMILES string of the molecule is Cc1ccc(C(=O)NCC(F)(F)F)cc1NC(=O)C(C)Sc1ccc([N+](=O)[O-])cc1.